The molecule has 1 aromatic heterocycles. The summed E-state index contributed by atoms with van der Waals surface area (Å²) in [6.07, 6.45) is 0. The highest BCUT2D eigenvalue weighted by atomic mass is 16.3. The Balaban J connectivity index is 1.90. The largest absolute Gasteiger partial charge is 0.493 e. The first-order valence-electron chi connectivity index (χ1n) is 5.90. The average Bonchev–Trinajstić information content (AvgIpc) is 2.82. The van der Waals surface area contributed by atoms with E-state index >= 15 is 0 Å². The van der Waals surface area contributed by atoms with Crippen molar-refractivity contribution in [2.24, 2.45) is 0 Å². The van der Waals surface area contributed by atoms with E-state index < -0.39 is 0 Å². The number of aromatic nitrogens is 2. The summed E-state index contributed by atoms with van der Waals surface area (Å²) in [4.78, 5) is 0. The zero-order valence-corrected chi connectivity index (χ0v) is 10.1. The van der Waals surface area contributed by atoms with E-state index in [-0.39, 0.29) is 5.88 Å². The number of aromatic hydroxyl groups is 1. The molecule has 0 spiro atoms. The predicted molar refractivity (Wildman–Crippen MR) is 73.8 cm³/mol. The average molecular weight is 250 g/mol. The van der Waals surface area contributed by atoms with Gasteiger partial charge in [-0.15, -0.1) is 5.10 Å². The van der Waals surface area contributed by atoms with Crippen molar-refractivity contribution in [1.29, 1.82) is 0 Å². The fraction of sp³-hybridized carbons (Fsp3) is 0. The van der Waals surface area contributed by atoms with Crippen molar-refractivity contribution in [2.45, 2.75) is 0 Å². The lowest BCUT2D eigenvalue weighted by Gasteiger charge is -2.02. The number of hydrogen-bond donors (Lipinski definition) is 2. The first-order valence-corrected chi connectivity index (χ1v) is 5.90. The third-order valence-corrected chi connectivity index (χ3v) is 2.68. The number of anilines is 2. The molecule has 0 amide bonds. The number of hydrogen-bond acceptors (Lipinski definition) is 3. The summed E-state index contributed by atoms with van der Waals surface area (Å²) in [5, 5.41) is 17.4. The molecule has 1 heterocycles. The molecular weight excluding hydrogens is 238 g/mol. The maximum absolute atomic E-state index is 9.92. The standard InChI is InChI=1S/C15H12N3O/c19-15-11-14(16-12-7-3-1-4-8-12)17-18(15)13-9-5-2-6-10-13/h2-11,19H,(H,16,17). The topological polar surface area (TPSA) is 50.1 Å². The molecule has 0 aliphatic heterocycles. The van der Waals surface area contributed by atoms with Crippen LogP contribution in [0.5, 0.6) is 5.88 Å². The quantitative estimate of drug-likeness (QED) is 0.751. The Kier molecular flexibility index (Phi) is 2.90. The summed E-state index contributed by atoms with van der Waals surface area (Å²) in [6.45, 7) is 0. The molecule has 0 atom stereocenters. The molecule has 3 rings (SSSR count). The first kappa shape index (κ1) is 11.3. The molecule has 1 radical (unpaired) electrons. The van der Waals surface area contributed by atoms with Gasteiger partial charge >= 0.3 is 0 Å². The highest BCUT2D eigenvalue weighted by Crippen LogP contribution is 2.23. The van der Waals surface area contributed by atoms with E-state index in [1.54, 1.807) is 6.07 Å². The van der Waals surface area contributed by atoms with Crippen molar-refractivity contribution in [2.75, 3.05) is 5.32 Å². The van der Waals surface area contributed by atoms with Crippen LogP contribution in [0.3, 0.4) is 0 Å². The Bertz CT molecular complexity index is 662. The molecule has 0 fully saturated rings. The van der Waals surface area contributed by atoms with E-state index in [9.17, 15) is 5.11 Å². The van der Waals surface area contributed by atoms with Gasteiger partial charge in [-0.1, -0.05) is 30.3 Å². The Morgan fingerprint density at radius 3 is 2.53 bits per heavy atom. The van der Waals surface area contributed by atoms with Crippen molar-refractivity contribution in [3.8, 4) is 11.6 Å². The van der Waals surface area contributed by atoms with Gasteiger partial charge in [-0.3, -0.25) is 0 Å². The van der Waals surface area contributed by atoms with Crippen molar-refractivity contribution in [1.82, 2.24) is 9.78 Å². The van der Waals surface area contributed by atoms with Crippen LogP contribution in [0.25, 0.3) is 5.69 Å². The Morgan fingerprint density at radius 2 is 1.79 bits per heavy atom. The van der Waals surface area contributed by atoms with Gasteiger partial charge in [-0.05, 0) is 30.3 Å². The van der Waals surface area contributed by atoms with Gasteiger partial charge in [0.1, 0.15) is 0 Å². The fourth-order valence-corrected chi connectivity index (χ4v) is 1.81. The van der Waals surface area contributed by atoms with Crippen molar-refractivity contribution >= 4 is 11.5 Å². The molecule has 0 bridgehead atoms. The van der Waals surface area contributed by atoms with Crippen LogP contribution in [0.4, 0.5) is 11.5 Å². The van der Waals surface area contributed by atoms with Gasteiger partial charge in [0.25, 0.3) is 0 Å². The van der Waals surface area contributed by atoms with Gasteiger partial charge in [0, 0.05) is 11.8 Å². The zero-order valence-electron chi connectivity index (χ0n) is 10.1. The molecule has 4 nitrogen and oxygen atoms in total. The third-order valence-electron chi connectivity index (χ3n) is 2.68. The van der Waals surface area contributed by atoms with Gasteiger partial charge in [0.2, 0.25) is 5.88 Å². The summed E-state index contributed by atoms with van der Waals surface area (Å²) < 4.78 is 1.48. The zero-order chi connectivity index (χ0) is 13.1. The lowest BCUT2D eigenvalue weighted by atomic mass is 10.3. The van der Waals surface area contributed by atoms with Crippen LogP contribution in [-0.4, -0.2) is 14.9 Å². The summed E-state index contributed by atoms with van der Waals surface area (Å²) in [6, 6.07) is 21.4. The van der Waals surface area contributed by atoms with E-state index in [1.165, 1.54) is 4.68 Å². The minimum Gasteiger partial charge on any atom is -0.493 e. The molecule has 2 N–H and O–H groups in total. The first-order chi connectivity index (χ1) is 9.33. The molecular formula is C15H12N3O. The van der Waals surface area contributed by atoms with Gasteiger partial charge in [-0.25, -0.2) is 0 Å². The molecule has 4 heteroatoms. The monoisotopic (exact) mass is 250 g/mol. The van der Waals surface area contributed by atoms with E-state index in [4.69, 9.17) is 0 Å². The summed E-state index contributed by atoms with van der Waals surface area (Å²) in [7, 11) is 0. The number of rotatable bonds is 3. The van der Waals surface area contributed by atoms with Crippen LogP contribution in [-0.2, 0) is 0 Å². The van der Waals surface area contributed by atoms with Crippen molar-refractivity contribution < 1.29 is 5.11 Å². The Labute approximate surface area is 110 Å². The highest BCUT2D eigenvalue weighted by Gasteiger charge is 2.08. The molecule has 0 saturated carbocycles. The highest BCUT2D eigenvalue weighted by molar-refractivity contribution is 5.57. The van der Waals surface area contributed by atoms with Crippen LogP contribution in [0.15, 0.2) is 60.7 Å². The minimum atomic E-state index is 0.0937. The van der Waals surface area contributed by atoms with E-state index in [1.807, 2.05) is 54.6 Å². The van der Waals surface area contributed by atoms with Gasteiger partial charge < -0.3 is 10.4 Å². The molecule has 0 aliphatic rings. The molecule has 0 unspecified atom stereocenters. The van der Waals surface area contributed by atoms with E-state index in [2.05, 4.69) is 16.5 Å². The maximum atomic E-state index is 9.92. The van der Waals surface area contributed by atoms with Gasteiger partial charge in [0.05, 0.1) is 5.69 Å². The lowest BCUT2D eigenvalue weighted by Crippen LogP contribution is -1.97. The number of para-hydroxylation sites is 1. The number of nitrogens with one attached hydrogen (secondary N) is 1. The molecule has 3 aromatic rings. The third kappa shape index (κ3) is 2.42. The smallest absolute Gasteiger partial charge is 0.216 e. The number of benzene rings is 2. The Hall–Kier alpha value is -2.75. The summed E-state index contributed by atoms with van der Waals surface area (Å²) in [5.74, 6) is 0.684. The number of nitrogens with zero attached hydrogens (tertiary/aromatic N) is 2. The van der Waals surface area contributed by atoms with Crippen molar-refractivity contribution in [3.05, 3.63) is 66.7 Å². The van der Waals surface area contributed by atoms with E-state index in [0.717, 1.165) is 11.4 Å². The normalized spacial score (nSPS) is 10.3. The van der Waals surface area contributed by atoms with Crippen LogP contribution >= 0.6 is 0 Å². The van der Waals surface area contributed by atoms with Crippen LogP contribution in [0.1, 0.15) is 0 Å². The minimum absolute atomic E-state index is 0.0937. The second-order valence-corrected chi connectivity index (χ2v) is 4.05. The molecule has 0 aliphatic carbocycles. The Morgan fingerprint density at radius 1 is 1.05 bits per heavy atom. The molecule has 0 saturated heterocycles. The van der Waals surface area contributed by atoms with Crippen LogP contribution < -0.4 is 5.32 Å². The maximum Gasteiger partial charge on any atom is 0.216 e. The van der Waals surface area contributed by atoms with E-state index in [0.29, 0.717) is 5.82 Å². The molecule has 93 valence electrons. The van der Waals surface area contributed by atoms with Crippen LogP contribution in [0, 0.1) is 6.07 Å². The summed E-state index contributed by atoms with van der Waals surface area (Å²) in [5.41, 5.74) is 1.71. The lowest BCUT2D eigenvalue weighted by molar-refractivity contribution is 0.433. The second kappa shape index (κ2) is 4.86. The second-order valence-electron chi connectivity index (χ2n) is 4.05. The van der Waals surface area contributed by atoms with Gasteiger partial charge in [0.15, 0.2) is 5.82 Å². The molecule has 19 heavy (non-hydrogen) atoms. The fourth-order valence-electron chi connectivity index (χ4n) is 1.81. The predicted octanol–water partition coefficient (Wildman–Crippen LogP) is 3.12. The van der Waals surface area contributed by atoms with Gasteiger partial charge in [-0.2, -0.15) is 4.68 Å². The summed E-state index contributed by atoms with van der Waals surface area (Å²) >= 11 is 0. The van der Waals surface area contributed by atoms with Crippen molar-refractivity contribution in [3.63, 3.8) is 0 Å². The van der Waals surface area contributed by atoms with Crippen LogP contribution in [0.2, 0.25) is 0 Å². The SMILES string of the molecule is Oc1cc(Nc2cc[c]cc2)nn1-c1ccccc1. The molecule has 2 aromatic carbocycles.